The molecule has 0 fully saturated rings. The van der Waals surface area contributed by atoms with E-state index >= 15 is 0 Å². The number of aromatic hydroxyl groups is 1. The monoisotopic (exact) mass is 409 g/mol. The molecule has 0 aliphatic rings. The van der Waals surface area contributed by atoms with Crippen molar-refractivity contribution in [1.82, 2.24) is 4.90 Å². The molecule has 2 aromatic rings. The largest absolute Gasteiger partial charge is 0.507 e. The lowest BCUT2D eigenvalue weighted by atomic mass is 9.82. The first kappa shape index (κ1) is 22.9. The second-order valence-corrected chi connectivity index (χ2v) is 8.12. The third-order valence-electron chi connectivity index (χ3n) is 4.66. The van der Waals surface area contributed by atoms with Gasteiger partial charge in [0.25, 0.3) is 0 Å². The van der Waals surface area contributed by atoms with Gasteiger partial charge in [-0.15, -0.1) is 0 Å². The fourth-order valence-corrected chi connectivity index (χ4v) is 3.14. The lowest BCUT2D eigenvalue weighted by molar-refractivity contribution is -0.137. The van der Waals surface area contributed by atoms with Crippen molar-refractivity contribution in [2.45, 2.75) is 38.9 Å². The maximum absolute atomic E-state index is 13.4. The number of aliphatic hydroxyl groups excluding tert-OH is 1. The van der Waals surface area contributed by atoms with Crippen LogP contribution in [-0.4, -0.2) is 41.1 Å². The van der Waals surface area contributed by atoms with E-state index in [1.165, 1.54) is 24.3 Å². The van der Waals surface area contributed by atoms with E-state index in [9.17, 15) is 23.1 Å². The Morgan fingerprint density at radius 3 is 2.24 bits per heavy atom. The highest BCUT2D eigenvalue weighted by Gasteiger charge is 2.35. The molecule has 4 nitrogen and oxygen atoms in total. The molecule has 158 valence electrons. The molecule has 0 atom stereocenters. The van der Waals surface area contributed by atoms with Gasteiger partial charge in [0, 0.05) is 35.3 Å². The molecule has 7 heteroatoms. The number of aliphatic hydroxyl groups is 1. The van der Waals surface area contributed by atoms with E-state index in [1.807, 2.05) is 20.8 Å². The zero-order valence-corrected chi connectivity index (χ0v) is 17.0. The minimum Gasteiger partial charge on any atom is -0.507 e. The summed E-state index contributed by atoms with van der Waals surface area (Å²) < 4.78 is 40.1. The lowest BCUT2D eigenvalue weighted by Gasteiger charge is -2.25. The Hall–Kier alpha value is -2.38. The summed E-state index contributed by atoms with van der Waals surface area (Å²) in [6, 6.07) is 7.56. The van der Waals surface area contributed by atoms with Crippen LogP contribution in [0.2, 0.25) is 0 Å². The van der Waals surface area contributed by atoms with Crippen molar-refractivity contribution < 1.29 is 28.2 Å². The molecule has 2 aromatic carbocycles. The summed E-state index contributed by atoms with van der Waals surface area (Å²) in [5.41, 5.74) is -0.985. The van der Waals surface area contributed by atoms with Gasteiger partial charge in [-0.25, -0.2) is 0 Å². The van der Waals surface area contributed by atoms with Crippen LogP contribution in [0.15, 0.2) is 36.4 Å². The zero-order chi connectivity index (χ0) is 22.0. The molecule has 0 radical (unpaired) electrons. The van der Waals surface area contributed by atoms with E-state index in [4.69, 9.17) is 5.11 Å². The van der Waals surface area contributed by atoms with Crippen LogP contribution in [-0.2, 0) is 18.1 Å². The molecule has 0 spiro atoms. The number of ketones is 1. The predicted molar refractivity (Wildman–Crippen MR) is 105 cm³/mol. The number of carbonyl (C=O) groups excluding carboxylic acids is 1. The quantitative estimate of drug-likeness (QED) is 0.696. The van der Waals surface area contributed by atoms with E-state index in [0.717, 1.165) is 12.1 Å². The zero-order valence-electron chi connectivity index (χ0n) is 17.0. The highest BCUT2D eigenvalue weighted by Crippen LogP contribution is 2.37. The van der Waals surface area contributed by atoms with Crippen LogP contribution in [0, 0.1) is 0 Å². The number of benzene rings is 2. The molecule has 0 saturated carbocycles. The number of carbonyl (C=O) groups is 1. The van der Waals surface area contributed by atoms with Gasteiger partial charge in [0.05, 0.1) is 12.2 Å². The van der Waals surface area contributed by atoms with E-state index in [0.29, 0.717) is 17.7 Å². The van der Waals surface area contributed by atoms with Crippen LogP contribution in [0.4, 0.5) is 13.2 Å². The number of likely N-dealkylation sites (N-methyl/N-ethyl adjacent to an activating group) is 1. The van der Waals surface area contributed by atoms with Gasteiger partial charge < -0.3 is 10.2 Å². The van der Waals surface area contributed by atoms with Gasteiger partial charge >= 0.3 is 6.18 Å². The van der Waals surface area contributed by atoms with Crippen LogP contribution in [0.1, 0.15) is 53.4 Å². The van der Waals surface area contributed by atoms with Crippen LogP contribution >= 0.6 is 0 Å². The summed E-state index contributed by atoms with van der Waals surface area (Å²) >= 11 is 0. The van der Waals surface area contributed by atoms with E-state index in [1.54, 1.807) is 11.9 Å². The predicted octanol–water partition coefficient (Wildman–Crippen LogP) is 4.36. The third-order valence-corrected chi connectivity index (χ3v) is 4.66. The summed E-state index contributed by atoms with van der Waals surface area (Å²) in [6.07, 6.45) is -4.65. The van der Waals surface area contributed by atoms with Crippen LogP contribution in [0.5, 0.6) is 5.75 Å². The van der Waals surface area contributed by atoms with Gasteiger partial charge in [0.15, 0.2) is 5.78 Å². The molecule has 0 amide bonds. The number of rotatable bonds is 6. The Bertz CT molecular complexity index is 886. The van der Waals surface area contributed by atoms with Crippen molar-refractivity contribution in [1.29, 1.82) is 0 Å². The fourth-order valence-electron chi connectivity index (χ4n) is 3.14. The molecular formula is C22H26F3NO3. The molecule has 0 aliphatic heterocycles. The minimum absolute atomic E-state index is 0.00273. The van der Waals surface area contributed by atoms with Crippen LogP contribution < -0.4 is 0 Å². The maximum atomic E-state index is 13.4. The maximum Gasteiger partial charge on any atom is 0.417 e. The smallest absolute Gasteiger partial charge is 0.417 e. The minimum atomic E-state index is -4.65. The SMILES string of the molecule is CN(CCO)Cc1cc(C(=O)c2ccccc2C(F)(F)F)cc(C(C)(C)C)c1O. The Kier molecular flexibility index (Phi) is 6.75. The van der Waals surface area contributed by atoms with Gasteiger partial charge in [0.1, 0.15) is 5.75 Å². The number of phenolic OH excluding ortho intramolecular Hbond substituents is 1. The molecule has 0 aliphatic carbocycles. The Morgan fingerprint density at radius 1 is 1.07 bits per heavy atom. The summed E-state index contributed by atoms with van der Waals surface area (Å²) in [4.78, 5) is 14.8. The first-order valence-corrected chi connectivity index (χ1v) is 9.23. The van der Waals surface area contributed by atoms with Crippen molar-refractivity contribution in [2.24, 2.45) is 0 Å². The van der Waals surface area contributed by atoms with Crippen LogP contribution in [0.3, 0.4) is 0 Å². The average Bonchev–Trinajstić information content (AvgIpc) is 2.61. The molecular weight excluding hydrogens is 383 g/mol. The first-order valence-electron chi connectivity index (χ1n) is 9.23. The Labute approximate surface area is 168 Å². The number of hydrogen-bond donors (Lipinski definition) is 2. The number of hydrogen-bond acceptors (Lipinski definition) is 4. The van der Waals surface area contributed by atoms with Crippen molar-refractivity contribution >= 4 is 5.78 Å². The van der Waals surface area contributed by atoms with Crippen molar-refractivity contribution in [3.05, 3.63) is 64.2 Å². The van der Waals surface area contributed by atoms with Gasteiger partial charge in [-0.1, -0.05) is 39.0 Å². The van der Waals surface area contributed by atoms with Gasteiger partial charge in [-0.2, -0.15) is 13.2 Å². The molecule has 0 saturated heterocycles. The Morgan fingerprint density at radius 2 is 1.69 bits per heavy atom. The molecule has 0 aromatic heterocycles. The van der Waals surface area contributed by atoms with Crippen LogP contribution in [0.25, 0.3) is 0 Å². The highest BCUT2D eigenvalue weighted by molar-refractivity contribution is 6.10. The number of nitrogens with zero attached hydrogens (tertiary/aromatic N) is 1. The topological polar surface area (TPSA) is 60.8 Å². The van der Waals surface area contributed by atoms with Gasteiger partial charge in [0.2, 0.25) is 0 Å². The standard InChI is InChI=1S/C22H26F3NO3/c1-21(2,3)18-12-14(11-15(20(18)29)13-26(4)9-10-27)19(28)16-7-5-6-8-17(16)22(23,24)25/h5-8,11-12,27,29H,9-10,13H2,1-4H3. The molecule has 0 bridgehead atoms. The summed E-state index contributed by atoms with van der Waals surface area (Å²) in [7, 11) is 1.74. The molecule has 0 heterocycles. The van der Waals surface area contributed by atoms with E-state index in [-0.39, 0.29) is 24.5 Å². The molecule has 2 N–H and O–H groups in total. The summed E-state index contributed by atoms with van der Waals surface area (Å²) in [5.74, 6) is -0.752. The average molecular weight is 409 g/mol. The van der Waals surface area contributed by atoms with Crippen molar-refractivity contribution in [3.63, 3.8) is 0 Å². The first-order chi connectivity index (χ1) is 13.4. The molecule has 2 rings (SSSR count). The van der Waals surface area contributed by atoms with Gasteiger partial charge in [-0.3, -0.25) is 9.69 Å². The summed E-state index contributed by atoms with van der Waals surface area (Å²) in [5, 5.41) is 19.8. The Balaban J connectivity index is 2.62. The number of halogens is 3. The normalized spacial score (nSPS) is 12.4. The highest BCUT2D eigenvalue weighted by atomic mass is 19.4. The van der Waals surface area contributed by atoms with E-state index in [2.05, 4.69) is 0 Å². The lowest BCUT2D eigenvalue weighted by Crippen LogP contribution is -2.23. The fraction of sp³-hybridized carbons (Fsp3) is 0.409. The molecule has 29 heavy (non-hydrogen) atoms. The summed E-state index contributed by atoms with van der Waals surface area (Å²) in [6.45, 7) is 6.04. The second kappa shape index (κ2) is 8.55. The number of phenols is 1. The van der Waals surface area contributed by atoms with E-state index < -0.39 is 28.5 Å². The third kappa shape index (κ3) is 5.36. The number of alkyl halides is 3. The van der Waals surface area contributed by atoms with Crippen molar-refractivity contribution in [3.8, 4) is 5.75 Å². The van der Waals surface area contributed by atoms with Crippen molar-refractivity contribution in [2.75, 3.05) is 20.2 Å². The molecule has 0 unspecified atom stereocenters. The van der Waals surface area contributed by atoms with Gasteiger partial charge in [-0.05, 0) is 30.7 Å². The second-order valence-electron chi connectivity index (χ2n) is 8.12.